The molecule has 14 heavy (non-hydrogen) atoms. The molecule has 0 N–H and O–H groups in total. The molecule has 0 spiro atoms. The first-order chi connectivity index (χ1) is 6.69. The van der Waals surface area contributed by atoms with E-state index in [1.807, 2.05) is 6.07 Å². The predicted molar refractivity (Wildman–Crippen MR) is 52.0 cm³/mol. The van der Waals surface area contributed by atoms with Crippen molar-refractivity contribution in [1.82, 2.24) is 0 Å². The van der Waals surface area contributed by atoms with Gasteiger partial charge in [0.25, 0.3) is 0 Å². The Morgan fingerprint density at radius 2 is 2.00 bits per heavy atom. The van der Waals surface area contributed by atoms with Crippen LogP contribution in [0.1, 0.15) is 18.4 Å². The summed E-state index contributed by atoms with van der Waals surface area (Å²) in [4.78, 5) is 11.1. The molecule has 1 aromatic carbocycles. The number of ether oxygens (including phenoxy) is 1. The fourth-order valence-electron chi connectivity index (χ4n) is 1.20. The van der Waals surface area contributed by atoms with Crippen LogP contribution in [-0.2, 0) is 4.79 Å². The topological polar surface area (TPSA) is 50.1 Å². The Labute approximate surface area is 82.9 Å². The lowest BCUT2D eigenvalue weighted by Gasteiger charge is -2.05. The molecule has 0 saturated heterocycles. The number of ketones is 1. The van der Waals surface area contributed by atoms with Gasteiger partial charge in [-0.25, -0.2) is 0 Å². The van der Waals surface area contributed by atoms with Crippen molar-refractivity contribution in [2.24, 2.45) is 0 Å². The van der Waals surface area contributed by atoms with Crippen molar-refractivity contribution < 1.29 is 9.53 Å². The van der Waals surface area contributed by atoms with Crippen LogP contribution in [0.3, 0.4) is 0 Å². The van der Waals surface area contributed by atoms with Gasteiger partial charge in [-0.15, -0.1) is 0 Å². The molecule has 0 heterocycles. The second-order valence-electron chi connectivity index (χ2n) is 2.95. The van der Waals surface area contributed by atoms with Crippen LogP contribution in [-0.4, -0.2) is 12.9 Å². The van der Waals surface area contributed by atoms with Crippen molar-refractivity contribution in [3.63, 3.8) is 0 Å². The molecule has 0 aliphatic rings. The maximum absolute atomic E-state index is 11.1. The molecule has 72 valence electrons. The van der Waals surface area contributed by atoms with Gasteiger partial charge in [0.1, 0.15) is 11.7 Å². The van der Waals surface area contributed by atoms with Gasteiger partial charge in [-0.3, -0.25) is 4.79 Å². The summed E-state index contributed by atoms with van der Waals surface area (Å²) in [5.74, 6) is -0.0902. The first-order valence-corrected chi connectivity index (χ1v) is 4.23. The molecule has 1 atom stereocenters. The molecule has 0 fully saturated rings. The number of hydrogen-bond acceptors (Lipinski definition) is 3. The lowest BCUT2D eigenvalue weighted by molar-refractivity contribution is -0.117. The van der Waals surface area contributed by atoms with E-state index in [4.69, 9.17) is 10.00 Å². The molecule has 0 saturated carbocycles. The molecule has 0 bridgehead atoms. The predicted octanol–water partition coefficient (Wildman–Crippen LogP) is 1.89. The highest BCUT2D eigenvalue weighted by Gasteiger charge is 2.15. The van der Waals surface area contributed by atoms with Crippen LogP contribution in [0.5, 0.6) is 5.75 Å². The molecule has 0 aliphatic heterocycles. The SMILES string of the molecule is COc1ccc([C@@H](C#N)C(C)=O)cc1. The molecule has 0 unspecified atom stereocenters. The van der Waals surface area contributed by atoms with Crippen molar-refractivity contribution in [2.75, 3.05) is 7.11 Å². The minimum Gasteiger partial charge on any atom is -0.497 e. The standard InChI is InChI=1S/C11H11NO2/c1-8(13)11(7-12)9-3-5-10(14-2)6-4-9/h3-6,11H,1-2H3/t11-/m0/s1. The summed E-state index contributed by atoms with van der Waals surface area (Å²) in [5.41, 5.74) is 0.709. The number of carbonyl (C=O) groups excluding carboxylic acids is 1. The lowest BCUT2D eigenvalue weighted by atomic mass is 9.97. The van der Waals surface area contributed by atoms with Gasteiger partial charge in [-0.05, 0) is 24.6 Å². The van der Waals surface area contributed by atoms with Crippen molar-refractivity contribution in [1.29, 1.82) is 5.26 Å². The quantitative estimate of drug-likeness (QED) is 0.729. The number of methoxy groups -OCH3 is 1. The molecule has 0 aromatic heterocycles. The summed E-state index contributed by atoms with van der Waals surface area (Å²) in [6.45, 7) is 1.41. The zero-order valence-corrected chi connectivity index (χ0v) is 8.15. The summed E-state index contributed by atoms with van der Waals surface area (Å²) < 4.78 is 4.98. The Morgan fingerprint density at radius 1 is 1.43 bits per heavy atom. The second-order valence-corrected chi connectivity index (χ2v) is 2.95. The molecule has 0 aliphatic carbocycles. The van der Waals surface area contributed by atoms with Crippen LogP contribution in [0.4, 0.5) is 0 Å². The summed E-state index contributed by atoms with van der Waals surface area (Å²) >= 11 is 0. The van der Waals surface area contributed by atoms with E-state index in [9.17, 15) is 4.79 Å². The molecule has 3 nitrogen and oxygen atoms in total. The molecule has 3 heteroatoms. The molecular weight excluding hydrogens is 178 g/mol. The zero-order chi connectivity index (χ0) is 10.6. The Balaban J connectivity index is 2.96. The van der Waals surface area contributed by atoms with Gasteiger partial charge in [0, 0.05) is 0 Å². The van der Waals surface area contributed by atoms with E-state index >= 15 is 0 Å². The third-order valence-corrected chi connectivity index (χ3v) is 1.98. The summed E-state index contributed by atoms with van der Waals surface area (Å²) in [6.07, 6.45) is 0. The monoisotopic (exact) mass is 189 g/mol. The number of hydrogen-bond donors (Lipinski definition) is 0. The van der Waals surface area contributed by atoms with Crippen LogP contribution in [0, 0.1) is 11.3 Å². The van der Waals surface area contributed by atoms with Crippen LogP contribution in [0.2, 0.25) is 0 Å². The number of benzene rings is 1. The minimum absolute atomic E-state index is 0.141. The maximum Gasteiger partial charge on any atom is 0.151 e. The number of carbonyl (C=O) groups is 1. The second kappa shape index (κ2) is 4.43. The highest BCUT2D eigenvalue weighted by atomic mass is 16.5. The van der Waals surface area contributed by atoms with E-state index < -0.39 is 5.92 Å². The van der Waals surface area contributed by atoms with Crippen LogP contribution in [0.15, 0.2) is 24.3 Å². The number of nitrogens with zero attached hydrogens (tertiary/aromatic N) is 1. The fourth-order valence-corrected chi connectivity index (χ4v) is 1.20. The average molecular weight is 189 g/mol. The van der Waals surface area contributed by atoms with Gasteiger partial charge in [-0.2, -0.15) is 5.26 Å². The van der Waals surface area contributed by atoms with E-state index in [1.54, 1.807) is 31.4 Å². The third kappa shape index (κ3) is 2.11. The summed E-state index contributed by atoms with van der Waals surface area (Å²) in [5, 5.41) is 8.77. The Bertz CT molecular complexity index is 362. The number of nitriles is 1. The molecule has 1 rings (SSSR count). The van der Waals surface area contributed by atoms with Gasteiger partial charge in [0.15, 0.2) is 5.78 Å². The largest absolute Gasteiger partial charge is 0.497 e. The van der Waals surface area contributed by atoms with Crippen LogP contribution >= 0.6 is 0 Å². The van der Waals surface area contributed by atoms with Gasteiger partial charge >= 0.3 is 0 Å². The van der Waals surface area contributed by atoms with E-state index in [2.05, 4.69) is 0 Å². The molecule has 0 amide bonds. The van der Waals surface area contributed by atoms with E-state index in [1.165, 1.54) is 6.92 Å². The van der Waals surface area contributed by atoms with Crippen molar-refractivity contribution >= 4 is 5.78 Å². The van der Waals surface area contributed by atoms with Crippen molar-refractivity contribution in [3.8, 4) is 11.8 Å². The average Bonchev–Trinajstić information content (AvgIpc) is 2.19. The third-order valence-electron chi connectivity index (χ3n) is 1.98. The van der Waals surface area contributed by atoms with Crippen molar-refractivity contribution in [2.45, 2.75) is 12.8 Å². The van der Waals surface area contributed by atoms with Gasteiger partial charge in [0.2, 0.25) is 0 Å². The lowest BCUT2D eigenvalue weighted by Crippen LogP contribution is -2.05. The van der Waals surface area contributed by atoms with E-state index in [0.29, 0.717) is 11.3 Å². The van der Waals surface area contributed by atoms with E-state index in [0.717, 1.165) is 0 Å². The Morgan fingerprint density at radius 3 is 2.36 bits per heavy atom. The van der Waals surface area contributed by atoms with Gasteiger partial charge in [0.05, 0.1) is 13.2 Å². The molecule has 0 radical (unpaired) electrons. The summed E-state index contributed by atoms with van der Waals surface area (Å²) in [6, 6.07) is 8.90. The van der Waals surface area contributed by atoms with E-state index in [-0.39, 0.29) is 5.78 Å². The van der Waals surface area contributed by atoms with Crippen LogP contribution < -0.4 is 4.74 Å². The maximum atomic E-state index is 11.1. The Hall–Kier alpha value is -1.82. The first kappa shape index (κ1) is 10.3. The van der Waals surface area contributed by atoms with Crippen LogP contribution in [0.25, 0.3) is 0 Å². The fraction of sp³-hybridized carbons (Fsp3) is 0.273. The molecule has 1 aromatic rings. The van der Waals surface area contributed by atoms with Gasteiger partial charge in [-0.1, -0.05) is 12.1 Å². The van der Waals surface area contributed by atoms with Gasteiger partial charge < -0.3 is 4.74 Å². The first-order valence-electron chi connectivity index (χ1n) is 4.23. The highest BCUT2D eigenvalue weighted by Crippen LogP contribution is 2.19. The highest BCUT2D eigenvalue weighted by molar-refractivity contribution is 5.86. The zero-order valence-electron chi connectivity index (χ0n) is 8.15. The number of rotatable bonds is 3. The minimum atomic E-state index is -0.666. The summed E-state index contributed by atoms with van der Waals surface area (Å²) in [7, 11) is 1.57. The normalized spacial score (nSPS) is 11.5. The smallest absolute Gasteiger partial charge is 0.151 e. The Kier molecular flexibility index (Phi) is 3.24. The van der Waals surface area contributed by atoms with Crippen molar-refractivity contribution in [3.05, 3.63) is 29.8 Å². The number of Topliss-reactive ketones (excluding diaryl/α,β-unsaturated/α-hetero) is 1. The molecular formula is C11H11NO2.